The third-order valence-corrected chi connectivity index (χ3v) is 3.07. The average molecular weight is 329 g/mol. The molecule has 0 aromatic carbocycles. The minimum absolute atomic E-state index is 0.227. The molecule has 0 aliphatic heterocycles. The molecule has 122 valence electrons. The van der Waals surface area contributed by atoms with Gasteiger partial charge < -0.3 is 14.7 Å². The van der Waals surface area contributed by atoms with E-state index in [0.29, 0.717) is 12.5 Å². The maximum atomic E-state index is 12.4. The predicted octanol–water partition coefficient (Wildman–Crippen LogP) is 2.71. The average Bonchev–Trinajstić information content (AvgIpc) is 2.42. The summed E-state index contributed by atoms with van der Waals surface area (Å²) in [6.45, 7) is 7.58. The molecule has 1 amide bonds. The lowest BCUT2D eigenvalue weighted by atomic mass is 10.2. The lowest BCUT2D eigenvalue weighted by Gasteiger charge is -2.25. The van der Waals surface area contributed by atoms with Crippen molar-refractivity contribution in [1.29, 1.82) is 0 Å². The summed E-state index contributed by atoms with van der Waals surface area (Å²) >= 11 is 6.07. The number of carbonyl (C=O) groups is 2. The Hall–Kier alpha value is -1.82. The lowest BCUT2D eigenvalue weighted by Crippen LogP contribution is -2.40. The van der Waals surface area contributed by atoms with Crippen molar-refractivity contribution in [2.24, 2.45) is 5.92 Å². The first-order valence-corrected chi connectivity index (χ1v) is 7.41. The number of nitrogens with zero attached hydrogens (tertiary/aromatic N) is 2. The first-order valence-electron chi connectivity index (χ1n) is 7.03. The molecule has 1 rings (SSSR count). The molecule has 0 aliphatic rings. The van der Waals surface area contributed by atoms with E-state index < -0.39 is 11.9 Å². The van der Waals surface area contributed by atoms with Gasteiger partial charge in [0, 0.05) is 12.2 Å². The molecular weight excluding hydrogens is 308 g/mol. The van der Waals surface area contributed by atoms with Gasteiger partial charge in [0.1, 0.15) is 11.6 Å². The Labute approximate surface area is 135 Å². The van der Waals surface area contributed by atoms with Crippen molar-refractivity contribution >= 4 is 23.5 Å². The number of amides is 1. The van der Waals surface area contributed by atoms with Crippen molar-refractivity contribution in [3.8, 4) is 5.88 Å². The number of aliphatic carboxylic acids is 1. The highest BCUT2D eigenvalue weighted by atomic mass is 35.5. The molecular formula is C15H21ClN2O4. The molecule has 1 N–H and O–H groups in total. The molecule has 0 spiro atoms. The van der Waals surface area contributed by atoms with Crippen LogP contribution in [0.5, 0.6) is 5.88 Å². The standard InChI is InChI=1S/C15H21ClN2O4/c1-9(2)8-22-14-12(16)5-11(6-17-14)15(21)18(10(3)4)7-13(19)20/h5-6,9-10H,7-8H2,1-4H3,(H,19,20). The zero-order valence-electron chi connectivity index (χ0n) is 13.2. The number of carbonyl (C=O) groups excluding carboxylic acids is 1. The van der Waals surface area contributed by atoms with Gasteiger partial charge in [0.2, 0.25) is 5.88 Å². The summed E-state index contributed by atoms with van der Waals surface area (Å²) in [6, 6.07) is 1.20. The second-order valence-electron chi connectivity index (χ2n) is 5.64. The molecule has 0 atom stereocenters. The van der Waals surface area contributed by atoms with Crippen molar-refractivity contribution in [3.63, 3.8) is 0 Å². The van der Waals surface area contributed by atoms with Crippen LogP contribution in [-0.2, 0) is 4.79 Å². The summed E-state index contributed by atoms with van der Waals surface area (Å²) in [7, 11) is 0. The summed E-state index contributed by atoms with van der Waals surface area (Å²) in [6.07, 6.45) is 1.35. The summed E-state index contributed by atoms with van der Waals surface area (Å²) in [5.41, 5.74) is 0.233. The van der Waals surface area contributed by atoms with Crippen LogP contribution in [0.1, 0.15) is 38.1 Å². The van der Waals surface area contributed by atoms with Gasteiger partial charge in [-0.3, -0.25) is 9.59 Å². The van der Waals surface area contributed by atoms with Gasteiger partial charge in [-0.05, 0) is 25.8 Å². The Morgan fingerprint density at radius 3 is 2.45 bits per heavy atom. The monoisotopic (exact) mass is 328 g/mol. The van der Waals surface area contributed by atoms with E-state index in [0.717, 1.165) is 0 Å². The minimum Gasteiger partial charge on any atom is -0.480 e. The molecule has 0 unspecified atom stereocenters. The maximum absolute atomic E-state index is 12.4. The molecule has 0 radical (unpaired) electrons. The van der Waals surface area contributed by atoms with E-state index in [9.17, 15) is 9.59 Å². The molecule has 0 aliphatic carbocycles. The highest BCUT2D eigenvalue weighted by Gasteiger charge is 2.22. The Balaban J connectivity index is 2.93. The molecule has 0 fully saturated rings. The Morgan fingerprint density at radius 2 is 2.00 bits per heavy atom. The molecule has 0 saturated heterocycles. The van der Waals surface area contributed by atoms with Crippen molar-refractivity contribution in [3.05, 3.63) is 22.8 Å². The second kappa shape index (κ2) is 7.98. The van der Waals surface area contributed by atoms with Crippen LogP contribution in [0.15, 0.2) is 12.3 Å². The number of halogens is 1. The Morgan fingerprint density at radius 1 is 1.36 bits per heavy atom. The summed E-state index contributed by atoms with van der Waals surface area (Å²) in [4.78, 5) is 28.5. The number of carboxylic acid groups (broad SMARTS) is 1. The van der Waals surface area contributed by atoms with Crippen LogP contribution in [0.4, 0.5) is 0 Å². The summed E-state index contributed by atoms with van der Waals surface area (Å²) < 4.78 is 5.44. The van der Waals surface area contributed by atoms with Crippen LogP contribution in [0.25, 0.3) is 0 Å². The topological polar surface area (TPSA) is 79.7 Å². The number of hydrogen-bond donors (Lipinski definition) is 1. The fourth-order valence-corrected chi connectivity index (χ4v) is 1.92. The quantitative estimate of drug-likeness (QED) is 0.832. The third-order valence-electron chi connectivity index (χ3n) is 2.80. The van der Waals surface area contributed by atoms with Crippen LogP contribution < -0.4 is 4.74 Å². The van der Waals surface area contributed by atoms with E-state index in [-0.39, 0.29) is 29.1 Å². The largest absolute Gasteiger partial charge is 0.480 e. The number of pyridine rings is 1. The molecule has 7 heteroatoms. The van der Waals surface area contributed by atoms with Gasteiger partial charge >= 0.3 is 5.97 Å². The van der Waals surface area contributed by atoms with Gasteiger partial charge in [0.25, 0.3) is 5.91 Å². The fourth-order valence-electron chi connectivity index (χ4n) is 1.69. The van der Waals surface area contributed by atoms with Gasteiger partial charge in [0.05, 0.1) is 12.2 Å². The zero-order valence-corrected chi connectivity index (χ0v) is 13.9. The van der Waals surface area contributed by atoms with Crippen molar-refractivity contribution in [1.82, 2.24) is 9.88 Å². The minimum atomic E-state index is -1.07. The van der Waals surface area contributed by atoms with E-state index in [1.54, 1.807) is 13.8 Å². The number of carboxylic acids is 1. The molecule has 1 heterocycles. The van der Waals surface area contributed by atoms with Crippen LogP contribution in [0.2, 0.25) is 5.02 Å². The van der Waals surface area contributed by atoms with E-state index in [4.69, 9.17) is 21.4 Å². The summed E-state index contributed by atoms with van der Waals surface area (Å²) in [5, 5.41) is 9.12. The van der Waals surface area contributed by atoms with Crippen molar-refractivity contribution in [2.75, 3.05) is 13.2 Å². The van der Waals surface area contributed by atoms with Gasteiger partial charge in [-0.15, -0.1) is 0 Å². The number of rotatable bonds is 7. The molecule has 0 bridgehead atoms. The van der Waals surface area contributed by atoms with Gasteiger partial charge in [-0.2, -0.15) is 0 Å². The summed E-state index contributed by atoms with van der Waals surface area (Å²) in [5.74, 6) is -0.910. The smallest absolute Gasteiger partial charge is 0.323 e. The maximum Gasteiger partial charge on any atom is 0.323 e. The second-order valence-corrected chi connectivity index (χ2v) is 6.04. The predicted molar refractivity (Wildman–Crippen MR) is 83.4 cm³/mol. The molecule has 6 nitrogen and oxygen atoms in total. The molecule has 1 aromatic rings. The van der Waals surface area contributed by atoms with E-state index in [1.807, 2.05) is 13.8 Å². The highest BCUT2D eigenvalue weighted by molar-refractivity contribution is 6.32. The fraction of sp³-hybridized carbons (Fsp3) is 0.533. The van der Waals surface area contributed by atoms with Gasteiger partial charge in [-0.25, -0.2) is 4.98 Å². The molecule has 0 saturated carbocycles. The number of hydrogen-bond acceptors (Lipinski definition) is 4. The van der Waals surface area contributed by atoms with Crippen LogP contribution in [0, 0.1) is 5.92 Å². The zero-order chi connectivity index (χ0) is 16.9. The molecule has 1 aromatic heterocycles. The van der Waals surface area contributed by atoms with Crippen LogP contribution in [-0.4, -0.2) is 46.1 Å². The van der Waals surface area contributed by atoms with E-state index >= 15 is 0 Å². The van der Waals surface area contributed by atoms with Gasteiger partial charge in [0.15, 0.2) is 0 Å². The number of ether oxygens (including phenoxy) is 1. The van der Waals surface area contributed by atoms with Crippen LogP contribution in [0.3, 0.4) is 0 Å². The Bertz CT molecular complexity index is 546. The third kappa shape index (κ3) is 5.18. The first-order chi connectivity index (χ1) is 10.2. The van der Waals surface area contributed by atoms with Crippen LogP contribution >= 0.6 is 11.6 Å². The number of aromatic nitrogens is 1. The Kier molecular flexibility index (Phi) is 6.61. The van der Waals surface area contributed by atoms with Gasteiger partial charge in [-0.1, -0.05) is 25.4 Å². The van der Waals surface area contributed by atoms with E-state index in [2.05, 4.69) is 4.98 Å². The van der Waals surface area contributed by atoms with E-state index in [1.165, 1.54) is 17.2 Å². The SMILES string of the molecule is CC(C)COc1ncc(C(=O)N(CC(=O)O)C(C)C)cc1Cl. The highest BCUT2D eigenvalue weighted by Crippen LogP contribution is 2.23. The lowest BCUT2D eigenvalue weighted by molar-refractivity contribution is -0.138. The first kappa shape index (κ1) is 18.2. The van der Waals surface area contributed by atoms with Crippen molar-refractivity contribution in [2.45, 2.75) is 33.7 Å². The van der Waals surface area contributed by atoms with Crippen molar-refractivity contribution < 1.29 is 19.4 Å². The molecule has 22 heavy (non-hydrogen) atoms. The normalized spacial score (nSPS) is 10.9.